The van der Waals surface area contributed by atoms with E-state index in [2.05, 4.69) is 44.5 Å². The van der Waals surface area contributed by atoms with Crippen LogP contribution in [0.15, 0.2) is 53.6 Å². The van der Waals surface area contributed by atoms with E-state index in [1.54, 1.807) is 34.4 Å². The third-order valence-electron chi connectivity index (χ3n) is 7.17. The minimum atomic E-state index is -0.267. The summed E-state index contributed by atoms with van der Waals surface area (Å²) in [4.78, 5) is 27.1. The Hall–Kier alpha value is -4.08. The third kappa shape index (κ3) is 3.94. The molecule has 0 atom stereocenters. The first-order valence-electron chi connectivity index (χ1n) is 11.8. The maximum absolute atomic E-state index is 12.4. The molecule has 1 aromatic carbocycles. The van der Waals surface area contributed by atoms with Gasteiger partial charge in [-0.1, -0.05) is 35.8 Å². The highest BCUT2D eigenvalue weighted by atomic mass is 16.5. The van der Waals surface area contributed by atoms with E-state index >= 15 is 0 Å². The van der Waals surface area contributed by atoms with Gasteiger partial charge >= 0.3 is 0 Å². The Morgan fingerprint density at radius 1 is 1.11 bits per heavy atom. The predicted molar refractivity (Wildman–Crippen MR) is 128 cm³/mol. The van der Waals surface area contributed by atoms with Crippen LogP contribution in [0.25, 0.3) is 22.6 Å². The zero-order valence-corrected chi connectivity index (χ0v) is 19.5. The first-order valence-corrected chi connectivity index (χ1v) is 11.8. The van der Waals surface area contributed by atoms with E-state index in [-0.39, 0.29) is 23.8 Å². The molecule has 2 saturated carbocycles. The van der Waals surface area contributed by atoms with E-state index in [1.165, 1.54) is 0 Å². The number of benzene rings is 1. The number of amides is 1. The summed E-state index contributed by atoms with van der Waals surface area (Å²) >= 11 is 0. The summed E-state index contributed by atoms with van der Waals surface area (Å²) in [6, 6.07) is 8.72. The van der Waals surface area contributed by atoms with Gasteiger partial charge < -0.3 is 15.2 Å². The van der Waals surface area contributed by atoms with E-state index in [1.807, 2.05) is 7.05 Å². The molecule has 3 aromatic heterocycles. The van der Waals surface area contributed by atoms with Crippen molar-refractivity contribution in [2.45, 2.75) is 50.1 Å². The number of hydrogen-bond donors (Lipinski definition) is 1. The standard InChI is InChI=1S/C25H26N8O2/c1-32(20-7-8-20)21(34)15-33-14-18(13-29-33)22-30-23(31-35-22)25(9-2-10-25)19-5-3-16(4-6-19)17-11-27-24(26)28-12-17/h3-6,11-14,20H,2,7-10,15H2,1H3,(H2,26,27,28). The highest BCUT2D eigenvalue weighted by Crippen LogP contribution is 2.48. The zero-order chi connectivity index (χ0) is 24.0. The van der Waals surface area contributed by atoms with E-state index in [0.29, 0.717) is 23.3 Å². The van der Waals surface area contributed by atoms with Crippen LogP contribution in [0.3, 0.4) is 0 Å². The topological polar surface area (TPSA) is 129 Å². The number of likely N-dealkylation sites (N-methyl/N-ethyl adjacent to an activating group) is 1. The smallest absolute Gasteiger partial charge is 0.261 e. The van der Waals surface area contributed by atoms with Crippen molar-refractivity contribution in [1.29, 1.82) is 0 Å². The first-order chi connectivity index (χ1) is 17.0. The summed E-state index contributed by atoms with van der Waals surface area (Å²) in [7, 11) is 1.85. The number of rotatable bonds is 7. The number of aromatic nitrogens is 6. The molecule has 4 aromatic rings. The second kappa shape index (κ2) is 8.30. The molecule has 3 heterocycles. The number of nitrogen functional groups attached to an aromatic ring is 1. The molecule has 1 amide bonds. The summed E-state index contributed by atoms with van der Waals surface area (Å²) in [5, 5.41) is 8.68. The van der Waals surface area contributed by atoms with Crippen LogP contribution in [-0.4, -0.2) is 53.8 Å². The molecular formula is C25H26N8O2. The summed E-state index contributed by atoms with van der Waals surface area (Å²) in [6.07, 6.45) is 12.1. The van der Waals surface area contributed by atoms with E-state index in [0.717, 1.165) is 48.8 Å². The maximum Gasteiger partial charge on any atom is 0.261 e. The van der Waals surface area contributed by atoms with Gasteiger partial charge in [0.2, 0.25) is 11.9 Å². The Kier molecular flexibility index (Phi) is 5.09. The molecule has 10 nitrogen and oxygen atoms in total. The van der Waals surface area contributed by atoms with Crippen LogP contribution in [0.2, 0.25) is 0 Å². The molecular weight excluding hydrogens is 444 g/mol. The van der Waals surface area contributed by atoms with Gasteiger partial charge in [-0.15, -0.1) is 0 Å². The van der Waals surface area contributed by atoms with Gasteiger partial charge in [-0.3, -0.25) is 9.48 Å². The summed E-state index contributed by atoms with van der Waals surface area (Å²) < 4.78 is 7.26. The third-order valence-corrected chi connectivity index (χ3v) is 7.17. The van der Waals surface area contributed by atoms with Crippen LogP contribution in [0.1, 0.15) is 43.5 Å². The van der Waals surface area contributed by atoms with Gasteiger partial charge in [-0.25, -0.2) is 9.97 Å². The van der Waals surface area contributed by atoms with Crippen molar-refractivity contribution >= 4 is 11.9 Å². The van der Waals surface area contributed by atoms with Crippen LogP contribution in [0.5, 0.6) is 0 Å². The Labute approximate surface area is 202 Å². The van der Waals surface area contributed by atoms with Gasteiger partial charge in [0, 0.05) is 37.2 Å². The van der Waals surface area contributed by atoms with Crippen molar-refractivity contribution in [2.75, 3.05) is 12.8 Å². The van der Waals surface area contributed by atoms with Gasteiger partial charge in [-0.2, -0.15) is 10.1 Å². The molecule has 0 spiro atoms. The minimum Gasteiger partial charge on any atom is -0.368 e. The summed E-state index contributed by atoms with van der Waals surface area (Å²) in [5.74, 6) is 1.40. The van der Waals surface area contributed by atoms with Crippen LogP contribution < -0.4 is 5.73 Å². The Balaban J connectivity index is 1.21. The molecule has 35 heavy (non-hydrogen) atoms. The normalized spacial score (nSPS) is 16.6. The molecule has 0 bridgehead atoms. The van der Waals surface area contributed by atoms with Gasteiger partial charge in [0.15, 0.2) is 5.82 Å². The fourth-order valence-corrected chi connectivity index (χ4v) is 4.65. The lowest BCUT2D eigenvalue weighted by atomic mass is 9.64. The Bertz CT molecular complexity index is 1350. The van der Waals surface area contributed by atoms with E-state index in [9.17, 15) is 4.79 Å². The van der Waals surface area contributed by atoms with Gasteiger partial charge in [0.05, 0.1) is 17.2 Å². The van der Waals surface area contributed by atoms with Gasteiger partial charge in [0.1, 0.15) is 6.54 Å². The van der Waals surface area contributed by atoms with Crippen LogP contribution in [-0.2, 0) is 16.8 Å². The van der Waals surface area contributed by atoms with E-state index in [4.69, 9.17) is 15.2 Å². The minimum absolute atomic E-state index is 0.0516. The lowest BCUT2D eigenvalue weighted by molar-refractivity contribution is -0.131. The summed E-state index contributed by atoms with van der Waals surface area (Å²) in [6.45, 7) is 0.198. The average Bonchev–Trinajstić information content (AvgIpc) is 3.40. The first kappa shape index (κ1) is 21.5. The predicted octanol–water partition coefficient (Wildman–Crippen LogP) is 3.06. The number of carbonyl (C=O) groups is 1. The number of nitrogens with zero attached hydrogens (tertiary/aromatic N) is 7. The molecule has 2 aliphatic rings. The molecule has 10 heteroatoms. The quantitative estimate of drug-likeness (QED) is 0.436. The Morgan fingerprint density at radius 3 is 2.51 bits per heavy atom. The second-order valence-electron chi connectivity index (χ2n) is 9.43. The number of anilines is 1. The molecule has 0 unspecified atom stereocenters. The van der Waals surface area contributed by atoms with Crippen molar-refractivity contribution < 1.29 is 9.32 Å². The SMILES string of the molecule is CN(C(=O)Cn1cc(-c2nc(C3(c4ccc(-c5cnc(N)nc5)cc4)CCC3)no2)cn1)C1CC1. The van der Waals surface area contributed by atoms with Crippen LogP contribution in [0, 0.1) is 0 Å². The van der Waals surface area contributed by atoms with Gasteiger partial charge in [-0.05, 0) is 36.8 Å². The molecule has 0 radical (unpaired) electrons. The molecule has 0 saturated heterocycles. The molecule has 2 N–H and O–H groups in total. The van der Waals surface area contributed by atoms with Crippen molar-refractivity contribution in [3.63, 3.8) is 0 Å². The second-order valence-corrected chi connectivity index (χ2v) is 9.43. The number of nitrogens with two attached hydrogens (primary N) is 1. The zero-order valence-electron chi connectivity index (χ0n) is 19.5. The lowest BCUT2D eigenvalue weighted by Gasteiger charge is -2.39. The average molecular weight is 471 g/mol. The highest BCUT2D eigenvalue weighted by molar-refractivity contribution is 5.76. The highest BCUT2D eigenvalue weighted by Gasteiger charge is 2.44. The number of carbonyl (C=O) groups excluding carboxylic acids is 1. The molecule has 6 rings (SSSR count). The summed E-state index contributed by atoms with van der Waals surface area (Å²) in [5.41, 5.74) is 9.12. The molecule has 0 aliphatic heterocycles. The van der Waals surface area contributed by atoms with Gasteiger partial charge in [0.25, 0.3) is 5.89 Å². The monoisotopic (exact) mass is 470 g/mol. The van der Waals surface area contributed by atoms with Crippen molar-refractivity contribution in [3.8, 4) is 22.6 Å². The lowest BCUT2D eigenvalue weighted by Crippen LogP contribution is -2.36. The van der Waals surface area contributed by atoms with Crippen molar-refractivity contribution in [3.05, 3.63) is 60.4 Å². The van der Waals surface area contributed by atoms with Crippen molar-refractivity contribution in [2.24, 2.45) is 0 Å². The van der Waals surface area contributed by atoms with Crippen LogP contribution in [0.4, 0.5) is 5.95 Å². The van der Waals surface area contributed by atoms with Crippen LogP contribution >= 0.6 is 0 Å². The maximum atomic E-state index is 12.4. The molecule has 2 fully saturated rings. The van der Waals surface area contributed by atoms with E-state index < -0.39 is 0 Å². The fourth-order valence-electron chi connectivity index (χ4n) is 4.65. The molecule has 178 valence electrons. The molecule has 2 aliphatic carbocycles. The fraction of sp³-hybridized carbons (Fsp3) is 0.360. The van der Waals surface area contributed by atoms with Crippen molar-refractivity contribution in [1.82, 2.24) is 34.8 Å². The largest absolute Gasteiger partial charge is 0.368 e. The Morgan fingerprint density at radius 2 is 1.86 bits per heavy atom. The number of hydrogen-bond acceptors (Lipinski definition) is 8.